The Bertz CT molecular complexity index is 643. The van der Waals surface area contributed by atoms with Crippen LogP contribution in [0.5, 0.6) is 5.75 Å². The van der Waals surface area contributed by atoms with Crippen LogP contribution in [-0.2, 0) is 0 Å². The standard InChI is InChI=1S/C14H9BrClFO2/c1-19-9-3-4-12(15)10(7-9)14(18)11-6-8(17)2-5-13(11)16/h2-7H,1H3. The Balaban J connectivity index is 2.52. The molecule has 0 bridgehead atoms. The predicted molar refractivity (Wildman–Crippen MR) is 75.5 cm³/mol. The number of hydrogen-bond donors (Lipinski definition) is 0. The molecule has 0 saturated carbocycles. The first kappa shape index (κ1) is 14.0. The lowest BCUT2D eigenvalue weighted by Gasteiger charge is -2.08. The van der Waals surface area contributed by atoms with Crippen molar-refractivity contribution in [3.8, 4) is 5.75 Å². The average Bonchev–Trinajstić information content (AvgIpc) is 2.41. The maximum Gasteiger partial charge on any atom is 0.195 e. The van der Waals surface area contributed by atoms with Crippen LogP contribution in [0.15, 0.2) is 40.9 Å². The normalized spacial score (nSPS) is 10.3. The van der Waals surface area contributed by atoms with E-state index in [0.29, 0.717) is 15.8 Å². The molecule has 0 unspecified atom stereocenters. The van der Waals surface area contributed by atoms with Crippen LogP contribution < -0.4 is 4.74 Å². The zero-order valence-electron chi connectivity index (χ0n) is 9.91. The predicted octanol–water partition coefficient (Wildman–Crippen LogP) is 4.48. The molecule has 2 rings (SSSR count). The van der Waals surface area contributed by atoms with E-state index in [1.165, 1.54) is 19.2 Å². The van der Waals surface area contributed by atoms with Gasteiger partial charge in [0.1, 0.15) is 11.6 Å². The summed E-state index contributed by atoms with van der Waals surface area (Å²) in [5.74, 6) is -0.332. The highest BCUT2D eigenvalue weighted by Gasteiger charge is 2.17. The molecule has 0 aliphatic carbocycles. The Kier molecular flexibility index (Phi) is 4.22. The molecule has 0 radical (unpaired) electrons. The summed E-state index contributed by atoms with van der Waals surface area (Å²) in [4.78, 5) is 12.4. The molecule has 0 fully saturated rings. The van der Waals surface area contributed by atoms with Gasteiger partial charge in [-0.15, -0.1) is 0 Å². The van der Waals surface area contributed by atoms with Gasteiger partial charge in [0.2, 0.25) is 0 Å². The highest BCUT2D eigenvalue weighted by molar-refractivity contribution is 9.10. The third-order valence-electron chi connectivity index (χ3n) is 2.59. The molecule has 0 aliphatic rings. The van der Waals surface area contributed by atoms with E-state index < -0.39 is 5.82 Å². The molecule has 0 aromatic heterocycles. The van der Waals surface area contributed by atoms with E-state index in [-0.39, 0.29) is 16.4 Å². The van der Waals surface area contributed by atoms with Crippen LogP contribution in [0.4, 0.5) is 4.39 Å². The van der Waals surface area contributed by atoms with E-state index in [4.69, 9.17) is 16.3 Å². The second kappa shape index (κ2) is 5.72. The van der Waals surface area contributed by atoms with Crippen molar-refractivity contribution < 1.29 is 13.9 Å². The van der Waals surface area contributed by atoms with Gasteiger partial charge in [0, 0.05) is 15.6 Å². The Hall–Kier alpha value is -1.39. The largest absolute Gasteiger partial charge is 0.497 e. The van der Waals surface area contributed by atoms with Crippen molar-refractivity contribution in [3.05, 3.63) is 62.8 Å². The van der Waals surface area contributed by atoms with Crippen molar-refractivity contribution in [2.45, 2.75) is 0 Å². The number of ketones is 1. The smallest absolute Gasteiger partial charge is 0.195 e. The molecule has 0 aliphatic heterocycles. The van der Waals surface area contributed by atoms with Gasteiger partial charge in [-0.2, -0.15) is 0 Å². The molecule has 98 valence electrons. The van der Waals surface area contributed by atoms with E-state index in [9.17, 15) is 9.18 Å². The molecule has 0 amide bonds. The summed E-state index contributed by atoms with van der Waals surface area (Å²) in [6.45, 7) is 0. The second-order valence-corrected chi connectivity index (χ2v) is 5.06. The molecule has 5 heteroatoms. The molecule has 0 atom stereocenters. The summed E-state index contributed by atoms with van der Waals surface area (Å²) in [6.07, 6.45) is 0. The minimum Gasteiger partial charge on any atom is -0.497 e. The van der Waals surface area contributed by atoms with Crippen LogP contribution in [-0.4, -0.2) is 12.9 Å². The van der Waals surface area contributed by atoms with E-state index in [1.807, 2.05) is 0 Å². The van der Waals surface area contributed by atoms with Crippen molar-refractivity contribution in [3.63, 3.8) is 0 Å². The van der Waals surface area contributed by atoms with Crippen LogP contribution in [0.3, 0.4) is 0 Å². The van der Waals surface area contributed by atoms with Gasteiger partial charge < -0.3 is 4.74 Å². The minimum absolute atomic E-state index is 0.121. The molecule has 2 aromatic carbocycles. The molecule has 0 N–H and O–H groups in total. The van der Waals surface area contributed by atoms with E-state index in [0.717, 1.165) is 6.07 Å². The number of rotatable bonds is 3. The Morgan fingerprint density at radius 2 is 1.95 bits per heavy atom. The SMILES string of the molecule is COc1ccc(Br)c(C(=O)c2cc(F)ccc2Cl)c1. The van der Waals surface area contributed by atoms with Crippen LogP contribution in [0.1, 0.15) is 15.9 Å². The first-order valence-corrected chi connectivity index (χ1v) is 6.53. The first-order valence-electron chi connectivity index (χ1n) is 5.36. The van der Waals surface area contributed by atoms with Crippen LogP contribution in [0.25, 0.3) is 0 Å². The number of carbonyl (C=O) groups excluding carboxylic acids is 1. The molecule has 2 nitrogen and oxygen atoms in total. The van der Waals surface area contributed by atoms with Gasteiger partial charge >= 0.3 is 0 Å². The Morgan fingerprint density at radius 3 is 2.63 bits per heavy atom. The monoisotopic (exact) mass is 342 g/mol. The second-order valence-electron chi connectivity index (χ2n) is 3.80. The summed E-state index contributed by atoms with van der Waals surface area (Å²) >= 11 is 9.22. The van der Waals surface area contributed by atoms with Crippen molar-refractivity contribution in [2.24, 2.45) is 0 Å². The van der Waals surface area contributed by atoms with Crippen LogP contribution in [0, 0.1) is 5.82 Å². The number of carbonyl (C=O) groups is 1. The van der Waals surface area contributed by atoms with Gasteiger partial charge in [0.05, 0.1) is 12.1 Å². The van der Waals surface area contributed by atoms with E-state index in [1.54, 1.807) is 18.2 Å². The topological polar surface area (TPSA) is 26.3 Å². The summed E-state index contributed by atoms with van der Waals surface area (Å²) in [6, 6.07) is 8.68. The molecule has 19 heavy (non-hydrogen) atoms. The fourth-order valence-corrected chi connectivity index (χ4v) is 2.25. The fraction of sp³-hybridized carbons (Fsp3) is 0.0714. The molecular formula is C14H9BrClFO2. The average molecular weight is 344 g/mol. The minimum atomic E-state index is -0.508. The maximum atomic E-state index is 13.2. The van der Waals surface area contributed by atoms with Crippen molar-refractivity contribution in [1.82, 2.24) is 0 Å². The Morgan fingerprint density at radius 1 is 1.21 bits per heavy atom. The van der Waals surface area contributed by atoms with Crippen molar-refractivity contribution in [2.75, 3.05) is 7.11 Å². The lowest BCUT2D eigenvalue weighted by molar-refractivity contribution is 0.103. The third kappa shape index (κ3) is 2.96. The van der Waals surface area contributed by atoms with Crippen LogP contribution >= 0.6 is 27.5 Å². The quantitative estimate of drug-likeness (QED) is 0.768. The molecular weight excluding hydrogens is 335 g/mol. The van der Waals surface area contributed by atoms with E-state index >= 15 is 0 Å². The highest BCUT2D eigenvalue weighted by Crippen LogP contribution is 2.27. The number of hydrogen-bond acceptors (Lipinski definition) is 2. The summed E-state index contributed by atoms with van der Waals surface area (Å²) in [7, 11) is 1.51. The molecule has 2 aromatic rings. The summed E-state index contributed by atoms with van der Waals surface area (Å²) in [5, 5.41) is 0.209. The lowest BCUT2D eigenvalue weighted by Crippen LogP contribution is -2.04. The van der Waals surface area contributed by atoms with E-state index in [2.05, 4.69) is 15.9 Å². The summed E-state index contributed by atoms with van der Waals surface area (Å²) < 4.78 is 18.9. The van der Waals surface area contributed by atoms with Crippen molar-refractivity contribution in [1.29, 1.82) is 0 Å². The molecule has 0 saturated heterocycles. The van der Waals surface area contributed by atoms with Gasteiger partial charge in [-0.05, 0) is 36.4 Å². The number of halogens is 3. The lowest BCUT2D eigenvalue weighted by atomic mass is 10.0. The van der Waals surface area contributed by atoms with Gasteiger partial charge in [0.25, 0.3) is 0 Å². The number of methoxy groups -OCH3 is 1. The van der Waals surface area contributed by atoms with Gasteiger partial charge in [-0.25, -0.2) is 4.39 Å². The fourth-order valence-electron chi connectivity index (χ4n) is 1.62. The highest BCUT2D eigenvalue weighted by atomic mass is 79.9. The zero-order valence-corrected chi connectivity index (χ0v) is 12.3. The number of ether oxygens (including phenoxy) is 1. The molecule has 0 spiro atoms. The molecule has 0 heterocycles. The summed E-state index contributed by atoms with van der Waals surface area (Å²) in [5.41, 5.74) is 0.488. The van der Waals surface area contributed by atoms with Gasteiger partial charge in [0.15, 0.2) is 5.78 Å². The first-order chi connectivity index (χ1) is 9.02. The number of benzene rings is 2. The van der Waals surface area contributed by atoms with Crippen molar-refractivity contribution >= 4 is 33.3 Å². The van der Waals surface area contributed by atoms with Gasteiger partial charge in [-0.3, -0.25) is 4.79 Å². The Labute approximate surface area is 123 Å². The van der Waals surface area contributed by atoms with Gasteiger partial charge in [-0.1, -0.05) is 27.5 Å². The third-order valence-corrected chi connectivity index (χ3v) is 3.61. The zero-order chi connectivity index (χ0) is 14.0. The van der Waals surface area contributed by atoms with Crippen LogP contribution in [0.2, 0.25) is 5.02 Å². The maximum absolute atomic E-state index is 13.2.